The number of esters is 1. The molecule has 0 saturated heterocycles. The molecular formula is C13H12N2O2. The second kappa shape index (κ2) is 4.74. The molecule has 0 aliphatic rings. The molecule has 0 amide bonds. The molecule has 4 heteroatoms. The van der Waals surface area contributed by atoms with Crippen LogP contribution in [0.2, 0.25) is 0 Å². The Hall–Kier alpha value is -2.23. The number of hydrogen-bond donors (Lipinski definition) is 0. The van der Waals surface area contributed by atoms with Crippen molar-refractivity contribution in [3.8, 4) is 11.4 Å². The van der Waals surface area contributed by atoms with Gasteiger partial charge in [-0.2, -0.15) is 0 Å². The third kappa shape index (κ3) is 2.47. The Bertz CT molecular complexity index is 553. The third-order valence-corrected chi connectivity index (χ3v) is 2.36. The summed E-state index contributed by atoms with van der Waals surface area (Å²) in [7, 11) is 1.35. The summed E-state index contributed by atoms with van der Waals surface area (Å²) < 4.78 is 4.66. The molecule has 0 N–H and O–H groups in total. The van der Waals surface area contributed by atoms with Crippen molar-refractivity contribution in [2.24, 2.45) is 0 Å². The molecular weight excluding hydrogens is 216 g/mol. The number of ether oxygens (including phenoxy) is 1. The van der Waals surface area contributed by atoms with Crippen LogP contribution in [0.3, 0.4) is 0 Å². The van der Waals surface area contributed by atoms with Crippen LogP contribution in [0.4, 0.5) is 0 Å². The summed E-state index contributed by atoms with van der Waals surface area (Å²) in [6, 6.07) is 7.12. The van der Waals surface area contributed by atoms with E-state index >= 15 is 0 Å². The summed E-state index contributed by atoms with van der Waals surface area (Å²) in [6.07, 6.45) is 3.29. The second-order valence-electron chi connectivity index (χ2n) is 3.64. The number of hydrogen-bond acceptors (Lipinski definition) is 4. The predicted octanol–water partition coefficient (Wildman–Crippen LogP) is 2.24. The molecule has 0 aliphatic heterocycles. The van der Waals surface area contributed by atoms with Crippen LogP contribution in [-0.2, 0) is 4.74 Å². The van der Waals surface area contributed by atoms with Crippen molar-refractivity contribution in [3.05, 3.63) is 47.8 Å². The van der Waals surface area contributed by atoms with Gasteiger partial charge in [0.1, 0.15) is 0 Å². The van der Waals surface area contributed by atoms with Gasteiger partial charge in [0, 0.05) is 12.4 Å². The topological polar surface area (TPSA) is 52.1 Å². The number of rotatable bonds is 2. The van der Waals surface area contributed by atoms with Crippen LogP contribution in [0.5, 0.6) is 0 Å². The van der Waals surface area contributed by atoms with Gasteiger partial charge in [-0.1, -0.05) is 0 Å². The van der Waals surface area contributed by atoms with E-state index in [1.807, 2.05) is 19.1 Å². The first-order chi connectivity index (χ1) is 8.20. The van der Waals surface area contributed by atoms with Crippen molar-refractivity contribution in [2.45, 2.75) is 6.92 Å². The van der Waals surface area contributed by atoms with E-state index in [0.717, 1.165) is 11.3 Å². The zero-order valence-corrected chi connectivity index (χ0v) is 9.68. The van der Waals surface area contributed by atoms with E-state index in [9.17, 15) is 4.79 Å². The SMILES string of the molecule is COC(=O)c1ccnc(-c2cc(C)ccn2)c1. The number of nitrogens with zero attached hydrogens (tertiary/aromatic N) is 2. The Morgan fingerprint density at radius 1 is 1.12 bits per heavy atom. The Morgan fingerprint density at radius 3 is 2.41 bits per heavy atom. The van der Waals surface area contributed by atoms with Crippen LogP contribution in [0, 0.1) is 6.92 Å². The molecule has 2 aromatic heterocycles. The van der Waals surface area contributed by atoms with E-state index in [4.69, 9.17) is 0 Å². The molecule has 2 heterocycles. The zero-order chi connectivity index (χ0) is 12.3. The molecule has 0 unspecified atom stereocenters. The van der Waals surface area contributed by atoms with Gasteiger partial charge in [0.25, 0.3) is 0 Å². The monoisotopic (exact) mass is 228 g/mol. The summed E-state index contributed by atoms with van der Waals surface area (Å²) in [5, 5.41) is 0. The molecule has 0 spiro atoms. The zero-order valence-electron chi connectivity index (χ0n) is 9.68. The summed E-state index contributed by atoms with van der Waals surface area (Å²) in [5.74, 6) is -0.374. The molecule has 0 bridgehead atoms. The maximum Gasteiger partial charge on any atom is 0.337 e. The Balaban J connectivity index is 2.43. The minimum atomic E-state index is -0.374. The van der Waals surface area contributed by atoms with Gasteiger partial charge in [-0.25, -0.2) is 4.79 Å². The average Bonchev–Trinajstić information content (AvgIpc) is 2.38. The number of methoxy groups -OCH3 is 1. The van der Waals surface area contributed by atoms with Gasteiger partial charge < -0.3 is 4.74 Å². The van der Waals surface area contributed by atoms with Crippen LogP contribution in [-0.4, -0.2) is 23.0 Å². The number of aromatic nitrogens is 2. The Kier molecular flexibility index (Phi) is 3.14. The lowest BCUT2D eigenvalue weighted by Gasteiger charge is -2.03. The van der Waals surface area contributed by atoms with Gasteiger partial charge in [-0.3, -0.25) is 9.97 Å². The summed E-state index contributed by atoms with van der Waals surface area (Å²) in [6.45, 7) is 1.98. The summed E-state index contributed by atoms with van der Waals surface area (Å²) in [4.78, 5) is 19.8. The van der Waals surface area contributed by atoms with Crippen LogP contribution in [0.25, 0.3) is 11.4 Å². The van der Waals surface area contributed by atoms with Crippen LogP contribution >= 0.6 is 0 Å². The quantitative estimate of drug-likeness (QED) is 0.740. The van der Waals surface area contributed by atoms with E-state index in [0.29, 0.717) is 11.3 Å². The first-order valence-corrected chi connectivity index (χ1v) is 5.18. The maximum absolute atomic E-state index is 11.4. The van der Waals surface area contributed by atoms with Crippen LogP contribution in [0.1, 0.15) is 15.9 Å². The van der Waals surface area contributed by atoms with E-state index in [2.05, 4.69) is 14.7 Å². The van der Waals surface area contributed by atoms with Crippen molar-refractivity contribution in [2.75, 3.05) is 7.11 Å². The molecule has 17 heavy (non-hydrogen) atoms. The van der Waals surface area contributed by atoms with E-state index in [1.165, 1.54) is 7.11 Å². The standard InChI is InChI=1S/C13H12N2O2/c1-9-3-5-14-11(7-9)12-8-10(4-6-15-12)13(16)17-2/h3-8H,1-2H3. The second-order valence-corrected chi connectivity index (χ2v) is 3.64. The van der Waals surface area contributed by atoms with E-state index in [1.54, 1.807) is 24.5 Å². The van der Waals surface area contributed by atoms with Crippen molar-refractivity contribution < 1.29 is 9.53 Å². The van der Waals surface area contributed by atoms with Crippen molar-refractivity contribution in [1.82, 2.24) is 9.97 Å². The molecule has 86 valence electrons. The first kappa shape index (κ1) is 11.3. The first-order valence-electron chi connectivity index (χ1n) is 5.18. The molecule has 4 nitrogen and oxygen atoms in total. The van der Waals surface area contributed by atoms with Crippen LogP contribution in [0.15, 0.2) is 36.7 Å². The van der Waals surface area contributed by atoms with Crippen molar-refractivity contribution in [1.29, 1.82) is 0 Å². The molecule has 0 aromatic carbocycles. The molecule has 2 rings (SSSR count). The Morgan fingerprint density at radius 2 is 1.76 bits per heavy atom. The Labute approximate surface area is 99.3 Å². The molecule has 0 saturated carbocycles. The van der Waals surface area contributed by atoms with Gasteiger partial charge in [-0.05, 0) is 36.8 Å². The van der Waals surface area contributed by atoms with Gasteiger partial charge in [0.2, 0.25) is 0 Å². The minimum Gasteiger partial charge on any atom is -0.465 e. The van der Waals surface area contributed by atoms with Crippen molar-refractivity contribution >= 4 is 5.97 Å². The highest BCUT2D eigenvalue weighted by atomic mass is 16.5. The normalized spacial score (nSPS) is 10.0. The van der Waals surface area contributed by atoms with Crippen molar-refractivity contribution in [3.63, 3.8) is 0 Å². The molecule has 0 fully saturated rings. The highest BCUT2D eigenvalue weighted by Crippen LogP contribution is 2.16. The van der Waals surface area contributed by atoms with Gasteiger partial charge >= 0.3 is 5.97 Å². The predicted molar refractivity (Wildman–Crippen MR) is 63.5 cm³/mol. The number of carbonyl (C=O) groups is 1. The highest BCUT2D eigenvalue weighted by molar-refractivity contribution is 5.90. The molecule has 0 radical (unpaired) electrons. The highest BCUT2D eigenvalue weighted by Gasteiger charge is 2.08. The largest absolute Gasteiger partial charge is 0.465 e. The van der Waals surface area contributed by atoms with Crippen LogP contribution < -0.4 is 0 Å². The average molecular weight is 228 g/mol. The number of carbonyl (C=O) groups excluding carboxylic acids is 1. The number of aryl methyl sites for hydroxylation is 1. The summed E-state index contributed by atoms with van der Waals surface area (Å²) >= 11 is 0. The molecule has 2 aromatic rings. The lowest BCUT2D eigenvalue weighted by Crippen LogP contribution is -2.02. The van der Waals surface area contributed by atoms with Gasteiger partial charge in [0.15, 0.2) is 0 Å². The van der Waals surface area contributed by atoms with Gasteiger partial charge in [0.05, 0.1) is 24.1 Å². The number of pyridine rings is 2. The smallest absolute Gasteiger partial charge is 0.337 e. The molecule has 0 atom stereocenters. The fraction of sp³-hybridized carbons (Fsp3) is 0.154. The van der Waals surface area contributed by atoms with E-state index in [-0.39, 0.29) is 5.97 Å². The fourth-order valence-electron chi connectivity index (χ4n) is 1.49. The lowest BCUT2D eigenvalue weighted by molar-refractivity contribution is 0.0600. The molecule has 0 aliphatic carbocycles. The fourth-order valence-corrected chi connectivity index (χ4v) is 1.49. The minimum absolute atomic E-state index is 0.374. The van der Waals surface area contributed by atoms with Gasteiger partial charge in [-0.15, -0.1) is 0 Å². The summed E-state index contributed by atoms with van der Waals surface area (Å²) in [5.41, 5.74) is 2.98. The van der Waals surface area contributed by atoms with E-state index < -0.39 is 0 Å². The lowest BCUT2D eigenvalue weighted by atomic mass is 10.1. The maximum atomic E-state index is 11.4. The third-order valence-electron chi connectivity index (χ3n) is 2.36.